The third kappa shape index (κ3) is 3.54. The fourth-order valence-electron chi connectivity index (χ4n) is 2.09. The summed E-state index contributed by atoms with van der Waals surface area (Å²) in [5.74, 6) is -0.365. The molecule has 0 saturated carbocycles. The first-order valence-electron chi connectivity index (χ1n) is 6.06. The Balaban J connectivity index is 1.99. The first-order valence-corrected chi connectivity index (χ1v) is 6.86. The van der Waals surface area contributed by atoms with Gasteiger partial charge in [0.05, 0.1) is 6.10 Å². The van der Waals surface area contributed by atoms with E-state index >= 15 is 0 Å². The molecular weight excluding hydrogens is 296 g/mol. The lowest BCUT2D eigenvalue weighted by molar-refractivity contribution is -0.120. The van der Waals surface area contributed by atoms with Gasteiger partial charge in [-0.25, -0.2) is 0 Å². The van der Waals surface area contributed by atoms with Gasteiger partial charge in [0, 0.05) is 17.6 Å². The van der Waals surface area contributed by atoms with Gasteiger partial charge < -0.3 is 10.5 Å². The molecule has 1 amide bonds. The fraction of sp³-hybridized carbons (Fsp3) is 0.462. The number of ether oxygens (including phenoxy) is 1. The van der Waals surface area contributed by atoms with Crippen LogP contribution in [-0.4, -0.2) is 25.2 Å². The summed E-state index contributed by atoms with van der Waals surface area (Å²) < 4.78 is 6.50. The molecule has 1 fully saturated rings. The number of hydrogen-bond acceptors (Lipinski definition) is 3. The van der Waals surface area contributed by atoms with Gasteiger partial charge in [0.15, 0.2) is 0 Å². The van der Waals surface area contributed by atoms with Crippen molar-refractivity contribution in [2.24, 2.45) is 5.73 Å². The molecule has 0 bridgehead atoms. The molecule has 1 saturated heterocycles. The van der Waals surface area contributed by atoms with Crippen LogP contribution in [0.5, 0.6) is 0 Å². The van der Waals surface area contributed by atoms with E-state index in [-0.39, 0.29) is 12.0 Å². The van der Waals surface area contributed by atoms with Crippen LogP contribution in [0.15, 0.2) is 28.7 Å². The van der Waals surface area contributed by atoms with E-state index < -0.39 is 6.04 Å². The SMILES string of the molecule is NC(=O)C(NCC1CCCO1)c1ccc(Br)cc1. The van der Waals surface area contributed by atoms with Crippen LogP contribution in [0.4, 0.5) is 0 Å². The Bertz CT molecular complexity index is 402. The van der Waals surface area contributed by atoms with Crippen molar-refractivity contribution in [3.63, 3.8) is 0 Å². The largest absolute Gasteiger partial charge is 0.377 e. The number of primary amides is 1. The van der Waals surface area contributed by atoms with Crippen molar-refractivity contribution in [3.05, 3.63) is 34.3 Å². The van der Waals surface area contributed by atoms with Gasteiger partial charge in [0.2, 0.25) is 5.91 Å². The third-order valence-corrected chi connectivity index (χ3v) is 3.59. The van der Waals surface area contributed by atoms with Gasteiger partial charge in [-0.15, -0.1) is 0 Å². The molecule has 5 heteroatoms. The van der Waals surface area contributed by atoms with Crippen molar-refractivity contribution < 1.29 is 9.53 Å². The molecule has 1 aliphatic rings. The maximum Gasteiger partial charge on any atom is 0.239 e. The second-order valence-electron chi connectivity index (χ2n) is 4.43. The Morgan fingerprint density at radius 2 is 2.22 bits per heavy atom. The first-order chi connectivity index (χ1) is 8.66. The van der Waals surface area contributed by atoms with Crippen LogP contribution in [0.3, 0.4) is 0 Å². The van der Waals surface area contributed by atoms with Crippen LogP contribution in [0.1, 0.15) is 24.4 Å². The molecule has 0 spiro atoms. The monoisotopic (exact) mass is 312 g/mol. The highest BCUT2D eigenvalue weighted by molar-refractivity contribution is 9.10. The molecule has 18 heavy (non-hydrogen) atoms. The molecule has 4 nitrogen and oxygen atoms in total. The van der Waals surface area contributed by atoms with Crippen molar-refractivity contribution in [2.45, 2.75) is 25.0 Å². The molecule has 2 atom stereocenters. The summed E-state index contributed by atoms with van der Waals surface area (Å²) in [6.07, 6.45) is 2.33. The predicted octanol–water partition coefficient (Wildman–Crippen LogP) is 1.74. The summed E-state index contributed by atoms with van der Waals surface area (Å²) in [7, 11) is 0. The summed E-state index contributed by atoms with van der Waals surface area (Å²) in [4.78, 5) is 11.5. The average molecular weight is 313 g/mol. The molecule has 1 aromatic carbocycles. The zero-order valence-corrected chi connectivity index (χ0v) is 11.7. The molecule has 0 aromatic heterocycles. The van der Waals surface area contributed by atoms with E-state index in [1.165, 1.54) is 0 Å². The molecule has 2 rings (SSSR count). The van der Waals surface area contributed by atoms with Gasteiger partial charge in [-0.2, -0.15) is 0 Å². The zero-order chi connectivity index (χ0) is 13.0. The Morgan fingerprint density at radius 1 is 1.50 bits per heavy atom. The van der Waals surface area contributed by atoms with Gasteiger partial charge in [-0.05, 0) is 30.5 Å². The normalized spacial score (nSPS) is 20.8. The van der Waals surface area contributed by atoms with E-state index in [4.69, 9.17) is 10.5 Å². The van der Waals surface area contributed by atoms with Crippen LogP contribution < -0.4 is 11.1 Å². The molecule has 1 aliphatic heterocycles. The lowest BCUT2D eigenvalue weighted by atomic mass is 10.1. The topological polar surface area (TPSA) is 64.4 Å². The number of rotatable bonds is 5. The summed E-state index contributed by atoms with van der Waals surface area (Å²) in [6, 6.07) is 7.13. The number of halogens is 1. The van der Waals surface area contributed by atoms with Crippen molar-refractivity contribution in [2.75, 3.05) is 13.2 Å². The standard InChI is InChI=1S/C13H17BrN2O2/c14-10-5-3-9(4-6-10)12(13(15)17)16-8-11-2-1-7-18-11/h3-6,11-12,16H,1-2,7-8H2,(H2,15,17). The maximum absolute atomic E-state index is 11.5. The van der Waals surface area contributed by atoms with Gasteiger partial charge >= 0.3 is 0 Å². The van der Waals surface area contributed by atoms with Gasteiger partial charge in [-0.1, -0.05) is 28.1 Å². The molecule has 98 valence electrons. The van der Waals surface area contributed by atoms with Crippen LogP contribution in [0.25, 0.3) is 0 Å². The number of hydrogen-bond donors (Lipinski definition) is 2. The number of carbonyl (C=O) groups excluding carboxylic acids is 1. The number of benzene rings is 1. The maximum atomic E-state index is 11.5. The highest BCUT2D eigenvalue weighted by atomic mass is 79.9. The summed E-state index contributed by atoms with van der Waals surface area (Å²) in [5.41, 5.74) is 6.32. The number of carbonyl (C=O) groups is 1. The van der Waals surface area contributed by atoms with E-state index in [1.54, 1.807) is 0 Å². The second kappa shape index (κ2) is 6.31. The Hall–Kier alpha value is -0.910. The first kappa shape index (κ1) is 13.5. The lowest BCUT2D eigenvalue weighted by Gasteiger charge is -2.18. The van der Waals surface area contributed by atoms with Crippen LogP contribution in [0, 0.1) is 0 Å². The number of nitrogens with two attached hydrogens (primary N) is 1. The Morgan fingerprint density at radius 3 is 2.78 bits per heavy atom. The average Bonchev–Trinajstić information content (AvgIpc) is 2.84. The fourth-order valence-corrected chi connectivity index (χ4v) is 2.36. The lowest BCUT2D eigenvalue weighted by Crippen LogP contribution is -2.37. The zero-order valence-electron chi connectivity index (χ0n) is 10.1. The highest BCUT2D eigenvalue weighted by Gasteiger charge is 2.21. The number of nitrogens with one attached hydrogen (secondary N) is 1. The molecule has 0 radical (unpaired) electrons. The van der Waals surface area contributed by atoms with Crippen LogP contribution >= 0.6 is 15.9 Å². The Kier molecular flexibility index (Phi) is 4.74. The van der Waals surface area contributed by atoms with E-state index in [0.717, 1.165) is 29.5 Å². The van der Waals surface area contributed by atoms with E-state index in [1.807, 2.05) is 24.3 Å². The molecule has 1 aromatic rings. The number of amides is 1. The van der Waals surface area contributed by atoms with E-state index in [0.29, 0.717) is 6.54 Å². The molecule has 2 unspecified atom stereocenters. The summed E-state index contributed by atoms with van der Waals surface area (Å²) >= 11 is 3.37. The van der Waals surface area contributed by atoms with Crippen molar-refractivity contribution in [3.8, 4) is 0 Å². The predicted molar refractivity (Wildman–Crippen MR) is 73.1 cm³/mol. The summed E-state index contributed by atoms with van der Waals surface area (Å²) in [6.45, 7) is 1.47. The minimum absolute atomic E-state index is 0.197. The smallest absolute Gasteiger partial charge is 0.239 e. The molecule has 3 N–H and O–H groups in total. The minimum Gasteiger partial charge on any atom is -0.377 e. The molecule has 0 aliphatic carbocycles. The van der Waals surface area contributed by atoms with Gasteiger partial charge in [-0.3, -0.25) is 10.1 Å². The van der Waals surface area contributed by atoms with Crippen molar-refractivity contribution in [1.82, 2.24) is 5.32 Å². The second-order valence-corrected chi connectivity index (χ2v) is 5.35. The minimum atomic E-state index is -0.456. The van der Waals surface area contributed by atoms with Crippen molar-refractivity contribution >= 4 is 21.8 Å². The molecule has 1 heterocycles. The third-order valence-electron chi connectivity index (χ3n) is 3.06. The molecular formula is C13H17BrN2O2. The van der Waals surface area contributed by atoms with Crippen LogP contribution in [-0.2, 0) is 9.53 Å². The van der Waals surface area contributed by atoms with Gasteiger partial charge in [0.25, 0.3) is 0 Å². The van der Waals surface area contributed by atoms with E-state index in [9.17, 15) is 4.79 Å². The highest BCUT2D eigenvalue weighted by Crippen LogP contribution is 2.18. The Labute approximate surface area is 115 Å². The quantitative estimate of drug-likeness (QED) is 0.870. The van der Waals surface area contributed by atoms with Gasteiger partial charge in [0.1, 0.15) is 6.04 Å². The van der Waals surface area contributed by atoms with Crippen molar-refractivity contribution in [1.29, 1.82) is 0 Å². The van der Waals surface area contributed by atoms with Crippen LogP contribution in [0.2, 0.25) is 0 Å². The summed E-state index contributed by atoms with van der Waals surface area (Å²) in [5, 5.41) is 3.18. The van der Waals surface area contributed by atoms with E-state index in [2.05, 4.69) is 21.2 Å².